The van der Waals surface area contributed by atoms with Crippen molar-refractivity contribution in [3.8, 4) is 33.9 Å². The van der Waals surface area contributed by atoms with E-state index in [4.69, 9.17) is 9.47 Å². The predicted molar refractivity (Wildman–Crippen MR) is 99.1 cm³/mol. The topological polar surface area (TPSA) is 71.6 Å². The molecule has 4 rings (SSSR count). The quantitative estimate of drug-likeness (QED) is 0.742. The molecule has 1 aliphatic rings. The van der Waals surface area contributed by atoms with Gasteiger partial charge < -0.3 is 19.6 Å². The number of rotatable bonds is 4. The van der Waals surface area contributed by atoms with Crippen molar-refractivity contribution in [1.29, 1.82) is 0 Å². The van der Waals surface area contributed by atoms with Crippen molar-refractivity contribution >= 4 is 5.97 Å². The first-order valence-electron chi connectivity index (χ1n) is 8.42. The maximum absolute atomic E-state index is 11.9. The molecule has 2 aromatic carbocycles. The minimum atomic E-state index is -0.978. The van der Waals surface area contributed by atoms with Gasteiger partial charge >= 0.3 is 5.97 Å². The molecule has 132 valence electrons. The fraction of sp³-hybridized carbons (Fsp3) is 0.190. The summed E-state index contributed by atoms with van der Waals surface area (Å²) in [6.45, 7) is 0. The van der Waals surface area contributed by atoms with Crippen LogP contribution in [-0.4, -0.2) is 30.3 Å². The van der Waals surface area contributed by atoms with Gasteiger partial charge in [-0.25, -0.2) is 4.79 Å². The van der Waals surface area contributed by atoms with Crippen LogP contribution in [0.2, 0.25) is 0 Å². The number of aryl methyl sites for hydroxylation is 1. The van der Waals surface area contributed by atoms with Gasteiger partial charge in [-0.05, 0) is 41.7 Å². The predicted octanol–water partition coefficient (Wildman–Crippen LogP) is 4.16. The molecule has 2 N–H and O–H groups in total. The van der Waals surface area contributed by atoms with Gasteiger partial charge in [-0.15, -0.1) is 0 Å². The molecule has 1 aliphatic carbocycles. The maximum atomic E-state index is 11.9. The molecular weight excluding hydrogens is 330 g/mol. The first kappa shape index (κ1) is 16.3. The van der Waals surface area contributed by atoms with Gasteiger partial charge in [0.1, 0.15) is 17.2 Å². The number of nitrogens with one attached hydrogen (secondary N) is 1. The van der Waals surface area contributed by atoms with Crippen LogP contribution < -0.4 is 9.47 Å². The number of hydrogen-bond donors (Lipinski definition) is 2. The second-order valence-corrected chi connectivity index (χ2v) is 6.29. The van der Waals surface area contributed by atoms with E-state index in [1.807, 2.05) is 30.3 Å². The molecule has 0 atom stereocenters. The largest absolute Gasteiger partial charge is 0.497 e. The van der Waals surface area contributed by atoms with Crippen molar-refractivity contribution in [2.45, 2.75) is 12.8 Å². The number of fused-ring (bicyclic) bond motifs is 3. The Balaban J connectivity index is 1.99. The molecule has 0 aliphatic heterocycles. The molecule has 0 radical (unpaired) electrons. The SMILES string of the molecule is COc1cc(OC)cc(-c2c(C(=O)O)[nH]c3c2CCc2ccccc2-3)c1. The Morgan fingerprint density at radius 3 is 2.38 bits per heavy atom. The van der Waals surface area contributed by atoms with E-state index < -0.39 is 5.97 Å². The molecule has 0 amide bonds. The number of carbonyl (C=O) groups is 1. The van der Waals surface area contributed by atoms with E-state index in [2.05, 4.69) is 11.1 Å². The Kier molecular flexibility index (Phi) is 3.92. The third-order valence-corrected chi connectivity index (χ3v) is 4.89. The first-order chi connectivity index (χ1) is 12.6. The van der Waals surface area contributed by atoms with Crippen molar-refractivity contribution in [3.63, 3.8) is 0 Å². The average Bonchev–Trinajstić information content (AvgIpc) is 3.08. The molecule has 0 bridgehead atoms. The van der Waals surface area contributed by atoms with E-state index in [9.17, 15) is 9.90 Å². The molecule has 0 spiro atoms. The van der Waals surface area contributed by atoms with Gasteiger partial charge in [-0.3, -0.25) is 0 Å². The molecule has 1 heterocycles. The Morgan fingerprint density at radius 1 is 1.04 bits per heavy atom. The maximum Gasteiger partial charge on any atom is 0.352 e. The monoisotopic (exact) mass is 349 g/mol. The van der Waals surface area contributed by atoms with Gasteiger partial charge in [0.15, 0.2) is 0 Å². The minimum absolute atomic E-state index is 0.196. The van der Waals surface area contributed by atoms with Crippen molar-refractivity contribution in [2.24, 2.45) is 0 Å². The summed E-state index contributed by atoms with van der Waals surface area (Å²) >= 11 is 0. The number of methoxy groups -OCH3 is 2. The highest BCUT2D eigenvalue weighted by molar-refractivity contribution is 5.99. The van der Waals surface area contributed by atoms with Gasteiger partial charge in [0.2, 0.25) is 0 Å². The smallest absolute Gasteiger partial charge is 0.352 e. The van der Waals surface area contributed by atoms with Crippen LogP contribution in [-0.2, 0) is 12.8 Å². The molecule has 0 unspecified atom stereocenters. The van der Waals surface area contributed by atoms with E-state index in [-0.39, 0.29) is 5.69 Å². The Hall–Kier alpha value is -3.21. The van der Waals surface area contributed by atoms with Crippen LogP contribution in [0, 0.1) is 0 Å². The van der Waals surface area contributed by atoms with E-state index in [0.29, 0.717) is 17.1 Å². The molecule has 0 saturated heterocycles. The van der Waals surface area contributed by atoms with Crippen LogP contribution in [0.5, 0.6) is 11.5 Å². The third-order valence-electron chi connectivity index (χ3n) is 4.89. The van der Waals surface area contributed by atoms with Crippen LogP contribution in [0.25, 0.3) is 22.4 Å². The Morgan fingerprint density at radius 2 is 1.73 bits per heavy atom. The summed E-state index contributed by atoms with van der Waals surface area (Å²) in [7, 11) is 3.17. The molecule has 5 heteroatoms. The van der Waals surface area contributed by atoms with Gasteiger partial charge in [0, 0.05) is 17.2 Å². The van der Waals surface area contributed by atoms with Crippen molar-refractivity contribution in [3.05, 3.63) is 59.3 Å². The molecule has 0 fully saturated rings. The standard InChI is InChI=1S/C21H19NO4/c1-25-14-9-13(10-15(11-14)26-2)18-17-8-7-12-5-3-4-6-16(12)19(17)22-20(18)21(23)24/h3-6,9-11,22H,7-8H2,1-2H3,(H,23,24). The molecule has 26 heavy (non-hydrogen) atoms. The first-order valence-corrected chi connectivity index (χ1v) is 8.42. The molecule has 5 nitrogen and oxygen atoms in total. The lowest BCUT2D eigenvalue weighted by Gasteiger charge is -2.17. The van der Waals surface area contributed by atoms with Crippen molar-refractivity contribution < 1.29 is 19.4 Å². The van der Waals surface area contributed by atoms with E-state index >= 15 is 0 Å². The zero-order valence-corrected chi connectivity index (χ0v) is 14.6. The van der Waals surface area contributed by atoms with Gasteiger partial charge in [-0.2, -0.15) is 0 Å². The summed E-state index contributed by atoms with van der Waals surface area (Å²) < 4.78 is 10.7. The number of hydrogen-bond acceptors (Lipinski definition) is 3. The van der Waals surface area contributed by atoms with Crippen LogP contribution >= 0.6 is 0 Å². The molecule has 3 aromatic rings. The molecular formula is C21H19NO4. The summed E-state index contributed by atoms with van der Waals surface area (Å²) in [5.41, 5.74) is 5.89. The van der Waals surface area contributed by atoms with Gasteiger partial charge in [0.25, 0.3) is 0 Å². The van der Waals surface area contributed by atoms with Crippen LogP contribution in [0.1, 0.15) is 21.6 Å². The zero-order chi connectivity index (χ0) is 18.3. The van der Waals surface area contributed by atoms with Gasteiger partial charge in [-0.1, -0.05) is 24.3 Å². The van der Waals surface area contributed by atoms with Crippen LogP contribution in [0.3, 0.4) is 0 Å². The number of aromatic carboxylic acids is 1. The lowest BCUT2D eigenvalue weighted by molar-refractivity contribution is 0.0692. The summed E-state index contributed by atoms with van der Waals surface area (Å²) in [6.07, 6.45) is 1.67. The second-order valence-electron chi connectivity index (χ2n) is 6.29. The van der Waals surface area contributed by atoms with Crippen LogP contribution in [0.15, 0.2) is 42.5 Å². The van der Waals surface area contributed by atoms with Crippen molar-refractivity contribution in [2.75, 3.05) is 14.2 Å². The number of carboxylic acids is 1. The second kappa shape index (κ2) is 6.26. The summed E-state index contributed by atoms with van der Waals surface area (Å²) in [4.78, 5) is 15.1. The van der Waals surface area contributed by atoms with Crippen LogP contribution in [0.4, 0.5) is 0 Å². The summed E-state index contributed by atoms with van der Waals surface area (Å²) in [5.74, 6) is 0.275. The Bertz CT molecular complexity index is 981. The summed E-state index contributed by atoms with van der Waals surface area (Å²) in [6, 6.07) is 13.6. The molecule has 1 aromatic heterocycles. The molecule has 0 saturated carbocycles. The number of aromatic amines is 1. The number of benzene rings is 2. The van der Waals surface area contributed by atoms with Gasteiger partial charge in [0.05, 0.1) is 19.9 Å². The van der Waals surface area contributed by atoms with E-state index in [1.54, 1.807) is 20.3 Å². The lowest BCUT2D eigenvalue weighted by Crippen LogP contribution is -2.03. The Labute approximate surface area is 151 Å². The highest BCUT2D eigenvalue weighted by Crippen LogP contribution is 2.42. The third kappa shape index (κ3) is 2.52. The average molecular weight is 349 g/mol. The summed E-state index contributed by atoms with van der Waals surface area (Å²) in [5, 5.41) is 9.78. The number of H-pyrrole nitrogens is 1. The van der Waals surface area contributed by atoms with E-state index in [1.165, 1.54) is 5.56 Å². The fourth-order valence-electron chi connectivity index (χ4n) is 3.69. The normalized spacial score (nSPS) is 12.2. The number of carboxylic acid groups (broad SMARTS) is 1. The lowest BCUT2D eigenvalue weighted by atomic mass is 9.86. The zero-order valence-electron chi connectivity index (χ0n) is 14.6. The minimum Gasteiger partial charge on any atom is -0.497 e. The highest BCUT2D eigenvalue weighted by atomic mass is 16.5. The fourth-order valence-corrected chi connectivity index (χ4v) is 3.69. The van der Waals surface area contributed by atoms with E-state index in [0.717, 1.165) is 35.2 Å². The van der Waals surface area contributed by atoms with Crippen molar-refractivity contribution in [1.82, 2.24) is 4.98 Å². The number of aromatic nitrogens is 1. The highest BCUT2D eigenvalue weighted by Gasteiger charge is 2.27. The number of ether oxygens (including phenoxy) is 2.